The van der Waals surface area contributed by atoms with Crippen LogP contribution in [0.2, 0.25) is 0 Å². The van der Waals surface area contributed by atoms with Gasteiger partial charge in [0.15, 0.2) is 0 Å². The summed E-state index contributed by atoms with van der Waals surface area (Å²) >= 11 is 0. The predicted octanol–water partition coefficient (Wildman–Crippen LogP) is 5.12. The third-order valence-corrected chi connectivity index (χ3v) is 7.39. The first-order valence-corrected chi connectivity index (χ1v) is 12.2. The number of anilines is 1. The SMILES string of the molecule is CCOc1ccc(S(=O)(=O)c2nc(-c3ccccc3C)oc2N2CCC(C)CC2)cc1. The number of nitrogens with zero attached hydrogens (tertiary/aromatic N) is 2. The molecule has 1 fully saturated rings. The van der Waals surface area contributed by atoms with E-state index in [1.54, 1.807) is 24.3 Å². The van der Waals surface area contributed by atoms with E-state index in [4.69, 9.17) is 9.15 Å². The molecule has 2 heterocycles. The zero-order chi connectivity index (χ0) is 22.0. The Labute approximate surface area is 183 Å². The number of hydrogen-bond acceptors (Lipinski definition) is 6. The van der Waals surface area contributed by atoms with Crippen molar-refractivity contribution in [1.29, 1.82) is 0 Å². The number of ether oxygens (including phenoxy) is 1. The summed E-state index contributed by atoms with van der Waals surface area (Å²) in [5.41, 5.74) is 1.77. The number of rotatable bonds is 6. The molecule has 0 unspecified atom stereocenters. The van der Waals surface area contributed by atoms with Crippen LogP contribution in [0.3, 0.4) is 0 Å². The Balaban J connectivity index is 1.80. The lowest BCUT2D eigenvalue weighted by molar-refractivity contribution is 0.340. The Kier molecular flexibility index (Phi) is 6.05. The van der Waals surface area contributed by atoms with Crippen LogP contribution >= 0.6 is 0 Å². The van der Waals surface area contributed by atoms with Gasteiger partial charge in [0.1, 0.15) is 5.75 Å². The second-order valence-electron chi connectivity index (χ2n) is 8.02. The molecule has 0 atom stereocenters. The number of aryl methyl sites for hydroxylation is 1. The molecule has 0 aliphatic carbocycles. The Morgan fingerprint density at radius 1 is 1.10 bits per heavy atom. The van der Waals surface area contributed by atoms with E-state index in [2.05, 4.69) is 11.9 Å². The maximum Gasteiger partial charge on any atom is 0.236 e. The molecular formula is C24H28N2O4S. The predicted molar refractivity (Wildman–Crippen MR) is 120 cm³/mol. The van der Waals surface area contributed by atoms with E-state index in [1.807, 2.05) is 43.0 Å². The van der Waals surface area contributed by atoms with Gasteiger partial charge in [-0.15, -0.1) is 0 Å². The van der Waals surface area contributed by atoms with E-state index in [0.29, 0.717) is 30.0 Å². The van der Waals surface area contributed by atoms with Crippen molar-refractivity contribution in [3.63, 3.8) is 0 Å². The molecule has 7 heteroatoms. The highest BCUT2D eigenvalue weighted by molar-refractivity contribution is 7.91. The highest BCUT2D eigenvalue weighted by Gasteiger charge is 2.33. The van der Waals surface area contributed by atoms with Crippen LogP contribution in [0.25, 0.3) is 11.5 Å². The van der Waals surface area contributed by atoms with E-state index < -0.39 is 9.84 Å². The van der Waals surface area contributed by atoms with Gasteiger partial charge in [0.25, 0.3) is 0 Å². The Bertz CT molecular complexity index is 1140. The molecule has 164 valence electrons. The lowest BCUT2D eigenvalue weighted by atomic mass is 9.99. The largest absolute Gasteiger partial charge is 0.494 e. The van der Waals surface area contributed by atoms with Gasteiger partial charge in [-0.2, -0.15) is 4.98 Å². The second kappa shape index (κ2) is 8.75. The zero-order valence-electron chi connectivity index (χ0n) is 18.2. The van der Waals surface area contributed by atoms with Gasteiger partial charge in [-0.05, 0) is 68.5 Å². The molecule has 4 rings (SSSR count). The normalized spacial score (nSPS) is 15.3. The molecule has 1 aromatic heterocycles. The molecular weight excluding hydrogens is 412 g/mol. The first-order chi connectivity index (χ1) is 14.9. The molecule has 0 radical (unpaired) electrons. The molecule has 0 saturated carbocycles. The minimum absolute atomic E-state index is 0.0236. The van der Waals surface area contributed by atoms with Crippen molar-refractivity contribution in [1.82, 2.24) is 4.98 Å². The average molecular weight is 441 g/mol. The molecule has 0 N–H and O–H groups in total. The quantitative estimate of drug-likeness (QED) is 0.530. The van der Waals surface area contributed by atoms with Gasteiger partial charge in [0.05, 0.1) is 11.5 Å². The van der Waals surface area contributed by atoms with Crippen LogP contribution in [0.4, 0.5) is 5.88 Å². The maximum atomic E-state index is 13.6. The Morgan fingerprint density at radius 3 is 2.42 bits per heavy atom. The number of oxazole rings is 1. The lowest BCUT2D eigenvalue weighted by Crippen LogP contribution is -2.33. The molecule has 6 nitrogen and oxygen atoms in total. The average Bonchev–Trinajstić information content (AvgIpc) is 3.21. The first-order valence-electron chi connectivity index (χ1n) is 10.7. The summed E-state index contributed by atoms with van der Waals surface area (Å²) in [5.74, 6) is 1.91. The molecule has 0 bridgehead atoms. The minimum Gasteiger partial charge on any atom is -0.494 e. The van der Waals surface area contributed by atoms with Gasteiger partial charge in [-0.1, -0.05) is 25.1 Å². The summed E-state index contributed by atoms with van der Waals surface area (Å²) in [6.45, 7) is 8.08. The minimum atomic E-state index is -3.87. The van der Waals surface area contributed by atoms with Crippen molar-refractivity contribution < 1.29 is 17.6 Å². The Morgan fingerprint density at radius 2 is 1.77 bits per heavy atom. The fourth-order valence-corrected chi connectivity index (χ4v) is 5.13. The lowest BCUT2D eigenvalue weighted by Gasteiger charge is -2.30. The summed E-state index contributed by atoms with van der Waals surface area (Å²) in [6, 6.07) is 14.2. The Hall–Kier alpha value is -2.80. The summed E-state index contributed by atoms with van der Waals surface area (Å²) in [6.07, 6.45) is 1.98. The van der Waals surface area contributed by atoms with Crippen LogP contribution in [0.5, 0.6) is 5.75 Å². The van der Waals surface area contributed by atoms with E-state index in [1.165, 1.54) is 0 Å². The van der Waals surface area contributed by atoms with Crippen LogP contribution in [0.15, 0.2) is 62.9 Å². The smallest absolute Gasteiger partial charge is 0.236 e. The number of benzene rings is 2. The monoisotopic (exact) mass is 440 g/mol. The van der Waals surface area contributed by atoms with Gasteiger partial charge >= 0.3 is 0 Å². The fraction of sp³-hybridized carbons (Fsp3) is 0.375. The number of hydrogen-bond donors (Lipinski definition) is 0. The van der Waals surface area contributed by atoms with Crippen molar-refractivity contribution in [2.24, 2.45) is 5.92 Å². The third kappa shape index (κ3) is 4.32. The molecule has 1 aliphatic rings. The topological polar surface area (TPSA) is 72.6 Å². The van der Waals surface area contributed by atoms with Crippen LogP contribution in [-0.2, 0) is 9.84 Å². The number of sulfone groups is 1. The molecule has 1 aliphatic heterocycles. The molecule has 0 amide bonds. The van der Waals surface area contributed by atoms with Crippen LogP contribution < -0.4 is 9.64 Å². The number of piperidine rings is 1. The van der Waals surface area contributed by atoms with E-state index in [-0.39, 0.29) is 9.92 Å². The van der Waals surface area contributed by atoms with E-state index in [0.717, 1.165) is 37.1 Å². The number of aromatic nitrogens is 1. The summed E-state index contributed by atoms with van der Waals surface area (Å²) < 4.78 is 38.7. The van der Waals surface area contributed by atoms with Crippen molar-refractivity contribution >= 4 is 15.7 Å². The van der Waals surface area contributed by atoms with Gasteiger partial charge in [0, 0.05) is 18.7 Å². The van der Waals surface area contributed by atoms with Crippen molar-refractivity contribution in [2.75, 3.05) is 24.6 Å². The zero-order valence-corrected chi connectivity index (χ0v) is 19.0. The van der Waals surface area contributed by atoms with Gasteiger partial charge in [-0.3, -0.25) is 0 Å². The van der Waals surface area contributed by atoms with Crippen molar-refractivity contribution in [3.05, 3.63) is 54.1 Å². The van der Waals surface area contributed by atoms with Crippen LogP contribution in [0, 0.1) is 12.8 Å². The van der Waals surface area contributed by atoms with Gasteiger partial charge < -0.3 is 14.1 Å². The molecule has 31 heavy (non-hydrogen) atoms. The van der Waals surface area contributed by atoms with Crippen molar-refractivity contribution in [2.45, 2.75) is 43.5 Å². The standard InChI is InChI=1S/C24H28N2O4S/c1-4-29-19-9-11-20(12-10-19)31(27,28)23-24(26-15-13-17(2)14-16-26)30-22(25-23)21-8-6-5-7-18(21)3/h5-12,17H,4,13-16H2,1-3H3. The molecule has 0 spiro atoms. The third-order valence-electron chi connectivity index (χ3n) is 5.73. The molecule has 2 aromatic carbocycles. The van der Waals surface area contributed by atoms with Crippen LogP contribution in [-0.4, -0.2) is 33.1 Å². The fourth-order valence-electron chi connectivity index (χ4n) is 3.81. The van der Waals surface area contributed by atoms with E-state index >= 15 is 0 Å². The van der Waals surface area contributed by atoms with E-state index in [9.17, 15) is 8.42 Å². The second-order valence-corrected chi connectivity index (χ2v) is 9.89. The summed E-state index contributed by atoms with van der Waals surface area (Å²) in [7, 11) is -3.87. The first kappa shape index (κ1) is 21.4. The highest BCUT2D eigenvalue weighted by atomic mass is 32.2. The molecule has 1 saturated heterocycles. The maximum absolute atomic E-state index is 13.6. The van der Waals surface area contributed by atoms with Crippen LogP contribution in [0.1, 0.15) is 32.3 Å². The highest BCUT2D eigenvalue weighted by Crippen LogP contribution is 2.37. The van der Waals surface area contributed by atoms with Crippen molar-refractivity contribution in [3.8, 4) is 17.2 Å². The summed E-state index contributed by atoms with van der Waals surface area (Å²) in [5, 5.41) is -0.0236. The molecule has 3 aromatic rings. The summed E-state index contributed by atoms with van der Waals surface area (Å²) in [4.78, 5) is 6.70. The van der Waals surface area contributed by atoms with Gasteiger partial charge in [0.2, 0.25) is 26.6 Å². The van der Waals surface area contributed by atoms with Gasteiger partial charge in [-0.25, -0.2) is 8.42 Å².